The number of nitrogens with zero attached hydrogens (tertiary/aromatic N) is 1. The summed E-state index contributed by atoms with van der Waals surface area (Å²) in [5.41, 5.74) is 2.31. The molecule has 1 aliphatic heterocycles. The van der Waals surface area contributed by atoms with Gasteiger partial charge < -0.3 is 4.74 Å². The molecule has 0 aliphatic carbocycles. The quantitative estimate of drug-likeness (QED) is 0.611. The lowest BCUT2D eigenvalue weighted by molar-refractivity contribution is -0.122. The van der Waals surface area contributed by atoms with Crippen LogP contribution in [0.4, 0.5) is 0 Å². The number of carbonyl (C=O) groups is 1. The van der Waals surface area contributed by atoms with Crippen LogP contribution in [0.3, 0.4) is 0 Å². The molecule has 0 unspecified atom stereocenters. The third-order valence-electron chi connectivity index (χ3n) is 3.29. The van der Waals surface area contributed by atoms with Gasteiger partial charge in [-0.15, -0.1) is 0 Å². The first-order valence-corrected chi connectivity index (χ1v) is 8.09. The smallest absolute Gasteiger partial charge is 0.266 e. The van der Waals surface area contributed by atoms with Gasteiger partial charge in [0.1, 0.15) is 4.32 Å². The van der Waals surface area contributed by atoms with E-state index in [1.165, 1.54) is 17.3 Å². The Kier molecular flexibility index (Phi) is 5.56. The fraction of sp³-hybridized carbons (Fsp3) is 0.375. The maximum atomic E-state index is 12.3. The van der Waals surface area contributed by atoms with Crippen molar-refractivity contribution in [1.82, 2.24) is 4.90 Å². The van der Waals surface area contributed by atoms with E-state index in [4.69, 9.17) is 17.0 Å². The Morgan fingerprint density at radius 3 is 2.57 bits per heavy atom. The topological polar surface area (TPSA) is 29.5 Å². The Labute approximate surface area is 135 Å². The normalized spacial score (nSPS) is 17.3. The average Bonchev–Trinajstić information content (AvgIpc) is 2.72. The SMILES string of the molecule is COCCN1C(=O)/C(=C/c2ccc(C(C)C)cc2)SC1=S. The number of ether oxygens (including phenoxy) is 1. The van der Waals surface area contributed by atoms with Crippen LogP contribution in [0, 0.1) is 0 Å². The summed E-state index contributed by atoms with van der Waals surface area (Å²) in [4.78, 5) is 14.6. The first kappa shape index (κ1) is 16.2. The van der Waals surface area contributed by atoms with Gasteiger partial charge >= 0.3 is 0 Å². The van der Waals surface area contributed by atoms with Crippen LogP contribution in [0.2, 0.25) is 0 Å². The number of thioether (sulfide) groups is 1. The minimum atomic E-state index is -0.0324. The van der Waals surface area contributed by atoms with Crippen molar-refractivity contribution < 1.29 is 9.53 Å². The predicted octanol–water partition coefficient (Wildman–Crippen LogP) is 3.66. The summed E-state index contributed by atoms with van der Waals surface area (Å²) in [7, 11) is 1.61. The van der Waals surface area contributed by atoms with E-state index in [0.29, 0.717) is 28.3 Å². The third-order valence-corrected chi connectivity index (χ3v) is 4.67. The molecular weight excluding hydrogens is 302 g/mol. The van der Waals surface area contributed by atoms with Crippen LogP contribution in [-0.4, -0.2) is 35.4 Å². The minimum Gasteiger partial charge on any atom is -0.383 e. The lowest BCUT2D eigenvalue weighted by Gasteiger charge is -2.12. The number of amides is 1. The second kappa shape index (κ2) is 7.20. The molecule has 1 saturated heterocycles. The lowest BCUT2D eigenvalue weighted by Crippen LogP contribution is -2.31. The van der Waals surface area contributed by atoms with E-state index in [9.17, 15) is 4.79 Å². The summed E-state index contributed by atoms with van der Waals surface area (Å²) in [5, 5.41) is 0. The number of benzene rings is 1. The van der Waals surface area contributed by atoms with Crippen molar-refractivity contribution in [2.45, 2.75) is 19.8 Å². The zero-order valence-corrected chi connectivity index (χ0v) is 14.1. The van der Waals surface area contributed by atoms with Crippen LogP contribution in [-0.2, 0) is 9.53 Å². The fourth-order valence-electron chi connectivity index (χ4n) is 2.00. The van der Waals surface area contributed by atoms with Crippen LogP contribution in [0.25, 0.3) is 6.08 Å². The standard InChI is InChI=1S/C16H19NO2S2/c1-11(2)13-6-4-12(5-7-13)10-14-15(18)17(8-9-19-3)16(20)21-14/h4-7,10-11H,8-9H2,1-3H3/b14-10-. The van der Waals surface area contributed by atoms with Gasteiger partial charge in [0, 0.05) is 7.11 Å². The summed E-state index contributed by atoms with van der Waals surface area (Å²) in [6.45, 7) is 5.32. The van der Waals surface area contributed by atoms with Gasteiger partial charge in [0.2, 0.25) is 0 Å². The Morgan fingerprint density at radius 1 is 1.33 bits per heavy atom. The highest BCUT2D eigenvalue weighted by molar-refractivity contribution is 8.26. The van der Waals surface area contributed by atoms with Crippen molar-refractivity contribution in [2.24, 2.45) is 0 Å². The highest BCUT2D eigenvalue weighted by Gasteiger charge is 2.31. The van der Waals surface area contributed by atoms with E-state index in [-0.39, 0.29) is 5.91 Å². The Bertz CT molecular complexity index is 564. The zero-order valence-electron chi connectivity index (χ0n) is 12.5. The molecule has 5 heteroatoms. The van der Waals surface area contributed by atoms with E-state index in [2.05, 4.69) is 26.0 Å². The van der Waals surface area contributed by atoms with Crippen LogP contribution in [0.1, 0.15) is 30.9 Å². The highest BCUT2D eigenvalue weighted by atomic mass is 32.2. The number of methoxy groups -OCH3 is 1. The first-order valence-electron chi connectivity index (χ1n) is 6.87. The van der Waals surface area contributed by atoms with E-state index < -0.39 is 0 Å². The second-order valence-corrected chi connectivity index (χ2v) is 6.82. The van der Waals surface area contributed by atoms with Crippen molar-refractivity contribution in [2.75, 3.05) is 20.3 Å². The third kappa shape index (κ3) is 3.93. The number of hydrogen-bond donors (Lipinski definition) is 0. The minimum absolute atomic E-state index is 0.0324. The summed E-state index contributed by atoms with van der Waals surface area (Å²) < 4.78 is 5.61. The molecule has 112 valence electrons. The molecule has 21 heavy (non-hydrogen) atoms. The number of thiocarbonyl (C=S) groups is 1. The van der Waals surface area contributed by atoms with Crippen molar-refractivity contribution in [3.63, 3.8) is 0 Å². The van der Waals surface area contributed by atoms with Gasteiger partial charge in [-0.1, -0.05) is 62.1 Å². The molecule has 1 aromatic carbocycles. The Balaban J connectivity index is 2.14. The molecule has 0 aromatic heterocycles. The fourth-order valence-corrected chi connectivity index (χ4v) is 3.31. The first-order chi connectivity index (χ1) is 10.0. The molecule has 0 saturated carbocycles. The van der Waals surface area contributed by atoms with Crippen molar-refractivity contribution >= 4 is 40.3 Å². The van der Waals surface area contributed by atoms with Gasteiger partial charge in [-0.2, -0.15) is 0 Å². The Morgan fingerprint density at radius 2 is 2.00 bits per heavy atom. The Hall–Kier alpha value is -1.17. The molecule has 2 rings (SSSR count). The zero-order chi connectivity index (χ0) is 15.4. The molecule has 0 bridgehead atoms. The van der Waals surface area contributed by atoms with Crippen molar-refractivity contribution in [3.05, 3.63) is 40.3 Å². The maximum absolute atomic E-state index is 12.3. The van der Waals surface area contributed by atoms with E-state index in [0.717, 1.165) is 5.56 Å². The van der Waals surface area contributed by atoms with Gasteiger partial charge in [0.05, 0.1) is 18.1 Å². The van der Waals surface area contributed by atoms with Crippen LogP contribution < -0.4 is 0 Å². The summed E-state index contributed by atoms with van der Waals surface area (Å²) in [6.07, 6.45) is 1.90. The van der Waals surface area contributed by atoms with Gasteiger partial charge in [-0.25, -0.2) is 0 Å². The van der Waals surface area contributed by atoms with Gasteiger partial charge in [-0.3, -0.25) is 9.69 Å². The molecule has 0 atom stereocenters. The van der Waals surface area contributed by atoms with Crippen molar-refractivity contribution in [1.29, 1.82) is 0 Å². The molecule has 1 heterocycles. The number of carbonyl (C=O) groups excluding carboxylic acids is 1. The lowest BCUT2D eigenvalue weighted by atomic mass is 10.0. The largest absolute Gasteiger partial charge is 0.383 e. The summed E-state index contributed by atoms with van der Waals surface area (Å²) in [6, 6.07) is 8.28. The monoisotopic (exact) mass is 321 g/mol. The second-order valence-electron chi connectivity index (χ2n) is 5.15. The summed E-state index contributed by atoms with van der Waals surface area (Å²) >= 11 is 6.60. The van der Waals surface area contributed by atoms with Crippen LogP contribution in [0.15, 0.2) is 29.2 Å². The molecule has 0 N–H and O–H groups in total. The van der Waals surface area contributed by atoms with E-state index in [1.54, 1.807) is 12.0 Å². The van der Waals surface area contributed by atoms with Gasteiger partial charge in [-0.05, 0) is 23.1 Å². The average molecular weight is 321 g/mol. The number of hydrogen-bond acceptors (Lipinski definition) is 4. The molecular formula is C16H19NO2S2. The molecule has 1 amide bonds. The highest BCUT2D eigenvalue weighted by Crippen LogP contribution is 2.32. The molecule has 1 aliphatic rings. The maximum Gasteiger partial charge on any atom is 0.266 e. The van der Waals surface area contributed by atoms with Gasteiger partial charge in [0.15, 0.2) is 0 Å². The molecule has 1 aromatic rings. The van der Waals surface area contributed by atoms with Crippen LogP contribution in [0.5, 0.6) is 0 Å². The van der Waals surface area contributed by atoms with Crippen molar-refractivity contribution in [3.8, 4) is 0 Å². The summed E-state index contributed by atoms with van der Waals surface area (Å²) in [5.74, 6) is 0.473. The van der Waals surface area contributed by atoms with Gasteiger partial charge in [0.25, 0.3) is 5.91 Å². The number of rotatable bonds is 5. The van der Waals surface area contributed by atoms with Crippen LogP contribution >= 0.6 is 24.0 Å². The molecule has 0 spiro atoms. The van der Waals surface area contributed by atoms with E-state index in [1.807, 2.05) is 18.2 Å². The molecule has 0 radical (unpaired) electrons. The predicted molar refractivity (Wildman–Crippen MR) is 92.3 cm³/mol. The molecule has 1 fully saturated rings. The van der Waals surface area contributed by atoms with E-state index >= 15 is 0 Å². The molecule has 3 nitrogen and oxygen atoms in total.